The van der Waals surface area contributed by atoms with Crippen molar-refractivity contribution in [2.24, 2.45) is 0 Å². The van der Waals surface area contributed by atoms with Gasteiger partial charge in [0.1, 0.15) is 5.60 Å². The number of ether oxygens (including phenoxy) is 1. The number of benzene rings is 1. The maximum absolute atomic E-state index is 9.60. The summed E-state index contributed by atoms with van der Waals surface area (Å²) in [5.41, 5.74) is 0.893. The largest absolute Gasteiger partial charge is 0.462 e. The third-order valence-electron chi connectivity index (χ3n) is 1.95. The molecule has 1 aromatic heterocycles. The normalized spacial score (nSPS) is 10.6. The summed E-state index contributed by atoms with van der Waals surface area (Å²) in [6, 6.07) is 10.3. The van der Waals surface area contributed by atoms with Gasteiger partial charge in [0.25, 0.3) is 6.47 Å². The summed E-state index contributed by atoms with van der Waals surface area (Å²) in [6.45, 7) is 5.92. The summed E-state index contributed by atoms with van der Waals surface area (Å²) in [7, 11) is 0. The molecule has 0 radical (unpaired) electrons. The number of halogens is 1. The Morgan fingerprint density at radius 3 is 2.35 bits per heavy atom. The molecule has 3 nitrogen and oxygen atoms in total. The molecule has 0 spiro atoms. The van der Waals surface area contributed by atoms with Crippen LogP contribution in [0.4, 0.5) is 0 Å². The summed E-state index contributed by atoms with van der Waals surface area (Å²) in [6.07, 6.45) is 1.99. The quantitative estimate of drug-likeness (QED) is 0.751. The van der Waals surface area contributed by atoms with E-state index < -0.39 is 0 Å². The molecule has 0 N–H and O–H groups in total. The van der Waals surface area contributed by atoms with E-state index in [2.05, 4.69) is 39.1 Å². The van der Waals surface area contributed by atoms with E-state index >= 15 is 0 Å². The highest BCUT2D eigenvalue weighted by atomic mass is 79.9. The molecule has 1 heterocycles. The number of aromatic nitrogens is 1. The Balaban J connectivity index is 0.000000185. The Labute approximate surface area is 110 Å². The molecule has 1 aromatic carbocycles. The minimum atomic E-state index is -0.318. The maximum Gasteiger partial charge on any atom is 0.293 e. The second kappa shape index (κ2) is 5.87. The topological polar surface area (TPSA) is 31.2 Å². The Morgan fingerprint density at radius 2 is 1.88 bits per heavy atom. The molecule has 92 valence electrons. The zero-order valence-corrected chi connectivity index (χ0v) is 11.8. The number of rotatable bonds is 1. The molecule has 0 amide bonds. The lowest BCUT2D eigenvalue weighted by molar-refractivity contribution is -0.138. The van der Waals surface area contributed by atoms with Gasteiger partial charge < -0.3 is 4.74 Å². The van der Waals surface area contributed by atoms with Crippen molar-refractivity contribution in [1.82, 2.24) is 3.59 Å². The van der Waals surface area contributed by atoms with E-state index in [1.54, 1.807) is 0 Å². The van der Waals surface area contributed by atoms with Gasteiger partial charge in [0, 0.05) is 11.6 Å². The molecule has 0 aliphatic rings. The molecule has 0 bridgehead atoms. The number of hydrogen-bond donors (Lipinski definition) is 0. The van der Waals surface area contributed by atoms with Crippen molar-refractivity contribution in [3.05, 3.63) is 36.5 Å². The predicted molar refractivity (Wildman–Crippen MR) is 73.2 cm³/mol. The van der Waals surface area contributed by atoms with E-state index in [0.717, 1.165) is 0 Å². The first-order valence-electron chi connectivity index (χ1n) is 5.28. The third kappa shape index (κ3) is 4.61. The molecular weight excluding hydrogens is 282 g/mol. The van der Waals surface area contributed by atoms with Gasteiger partial charge in [-0.3, -0.25) is 8.39 Å². The van der Waals surface area contributed by atoms with Crippen LogP contribution >= 0.6 is 16.1 Å². The van der Waals surface area contributed by atoms with Gasteiger partial charge in [-0.2, -0.15) is 0 Å². The lowest BCUT2D eigenvalue weighted by Crippen LogP contribution is -2.17. The first-order chi connectivity index (χ1) is 7.94. The summed E-state index contributed by atoms with van der Waals surface area (Å²) >= 11 is 3.38. The second-order valence-electron chi connectivity index (χ2n) is 4.51. The summed E-state index contributed by atoms with van der Waals surface area (Å²) in [5, 5.41) is 1.26. The van der Waals surface area contributed by atoms with Crippen molar-refractivity contribution in [2.75, 3.05) is 0 Å². The molecular formula is C13H16BrNO2. The molecule has 0 fully saturated rings. The molecule has 0 unspecified atom stereocenters. The lowest BCUT2D eigenvalue weighted by atomic mass is 10.2. The van der Waals surface area contributed by atoms with Crippen LogP contribution in [-0.4, -0.2) is 15.7 Å². The molecule has 0 atom stereocenters. The highest BCUT2D eigenvalue weighted by Gasteiger charge is 2.07. The zero-order valence-electron chi connectivity index (χ0n) is 10.2. The highest BCUT2D eigenvalue weighted by Crippen LogP contribution is 2.16. The van der Waals surface area contributed by atoms with Crippen LogP contribution in [-0.2, 0) is 9.53 Å². The molecule has 4 heteroatoms. The van der Waals surface area contributed by atoms with Crippen LogP contribution in [0.2, 0.25) is 0 Å². The van der Waals surface area contributed by atoms with Gasteiger partial charge in [0.2, 0.25) is 0 Å². The van der Waals surface area contributed by atoms with Crippen molar-refractivity contribution < 1.29 is 9.53 Å². The highest BCUT2D eigenvalue weighted by molar-refractivity contribution is 9.08. The number of hydrogen-bond acceptors (Lipinski definition) is 2. The standard InChI is InChI=1S/C8H6BrN.C5H10O2/c9-10-6-5-7-3-1-2-4-8(7)10;1-5(2,3)7-4-6/h1-6H;4H,1-3H3. The van der Waals surface area contributed by atoms with Gasteiger partial charge in [-0.15, -0.1) is 0 Å². The van der Waals surface area contributed by atoms with Crippen molar-refractivity contribution in [2.45, 2.75) is 26.4 Å². The molecule has 0 saturated heterocycles. The molecule has 17 heavy (non-hydrogen) atoms. The van der Waals surface area contributed by atoms with Gasteiger partial charge in [0.05, 0.1) is 21.7 Å². The van der Waals surface area contributed by atoms with Crippen LogP contribution in [0.3, 0.4) is 0 Å². The van der Waals surface area contributed by atoms with E-state index in [9.17, 15) is 4.79 Å². The molecule has 2 aromatic rings. The fourth-order valence-corrected chi connectivity index (χ4v) is 1.63. The van der Waals surface area contributed by atoms with Gasteiger partial charge in [-0.25, -0.2) is 0 Å². The molecule has 2 rings (SSSR count). The Morgan fingerprint density at radius 1 is 1.24 bits per heavy atom. The van der Waals surface area contributed by atoms with Gasteiger partial charge in [0.15, 0.2) is 0 Å². The second-order valence-corrected chi connectivity index (χ2v) is 5.28. The number of nitrogens with zero attached hydrogens (tertiary/aromatic N) is 1. The Hall–Kier alpha value is -1.29. The van der Waals surface area contributed by atoms with E-state index in [1.807, 2.05) is 42.7 Å². The Bertz CT molecular complexity index is 485. The van der Waals surface area contributed by atoms with Crippen LogP contribution in [0.1, 0.15) is 20.8 Å². The number of fused-ring (bicyclic) bond motifs is 1. The molecule has 0 aliphatic carbocycles. The van der Waals surface area contributed by atoms with Gasteiger partial charge >= 0.3 is 0 Å². The molecule has 0 saturated carbocycles. The van der Waals surface area contributed by atoms with E-state index in [1.165, 1.54) is 10.9 Å². The SMILES string of the molecule is Brn1ccc2ccccc21.CC(C)(C)OC=O. The van der Waals surface area contributed by atoms with Crippen LogP contribution in [0.5, 0.6) is 0 Å². The average Bonchev–Trinajstić information content (AvgIpc) is 2.61. The van der Waals surface area contributed by atoms with Crippen LogP contribution < -0.4 is 0 Å². The van der Waals surface area contributed by atoms with E-state index in [4.69, 9.17) is 0 Å². The monoisotopic (exact) mass is 297 g/mol. The third-order valence-corrected chi connectivity index (χ3v) is 2.57. The predicted octanol–water partition coefficient (Wildman–Crippen LogP) is 3.76. The fraction of sp³-hybridized carbons (Fsp3) is 0.308. The summed E-state index contributed by atoms with van der Waals surface area (Å²) in [5.74, 6) is 0. The Kier molecular flexibility index (Phi) is 4.75. The fourth-order valence-electron chi connectivity index (χ4n) is 1.19. The van der Waals surface area contributed by atoms with Crippen LogP contribution in [0, 0.1) is 0 Å². The number of carbonyl (C=O) groups is 1. The van der Waals surface area contributed by atoms with Crippen molar-refractivity contribution in [3.8, 4) is 0 Å². The first kappa shape index (κ1) is 13.8. The van der Waals surface area contributed by atoms with E-state index in [-0.39, 0.29) is 5.60 Å². The first-order valence-corrected chi connectivity index (χ1v) is 5.99. The van der Waals surface area contributed by atoms with Crippen LogP contribution in [0.15, 0.2) is 36.5 Å². The van der Waals surface area contributed by atoms with Crippen molar-refractivity contribution >= 4 is 33.5 Å². The average molecular weight is 298 g/mol. The van der Waals surface area contributed by atoms with Crippen LogP contribution in [0.25, 0.3) is 10.9 Å². The minimum Gasteiger partial charge on any atom is -0.462 e. The minimum absolute atomic E-state index is 0.318. The van der Waals surface area contributed by atoms with E-state index in [0.29, 0.717) is 6.47 Å². The van der Waals surface area contributed by atoms with Crippen molar-refractivity contribution in [3.63, 3.8) is 0 Å². The summed E-state index contributed by atoms with van der Waals surface area (Å²) < 4.78 is 6.48. The smallest absolute Gasteiger partial charge is 0.293 e. The number of para-hydroxylation sites is 1. The lowest BCUT2D eigenvalue weighted by Gasteiger charge is -2.14. The van der Waals surface area contributed by atoms with Gasteiger partial charge in [-0.1, -0.05) is 18.2 Å². The summed E-state index contributed by atoms with van der Waals surface area (Å²) in [4.78, 5) is 9.60. The van der Waals surface area contributed by atoms with Gasteiger partial charge in [-0.05, 0) is 32.9 Å². The molecule has 0 aliphatic heterocycles. The van der Waals surface area contributed by atoms with Crippen molar-refractivity contribution in [1.29, 1.82) is 0 Å². The maximum atomic E-state index is 9.60. The number of carbonyl (C=O) groups excluding carboxylic acids is 1. The zero-order chi connectivity index (χ0) is 12.9.